The molecule has 2 atom stereocenters. The molecule has 0 saturated carbocycles. The largest absolute Gasteiger partial charge is 0.387 e. The molecule has 4 nitrogen and oxygen atoms in total. The third kappa shape index (κ3) is 3.81. The van der Waals surface area contributed by atoms with Crippen molar-refractivity contribution in [3.8, 4) is 0 Å². The zero-order chi connectivity index (χ0) is 15.4. The van der Waals surface area contributed by atoms with Crippen molar-refractivity contribution in [3.63, 3.8) is 0 Å². The fraction of sp³-hybridized carbons (Fsp3) is 0.647. The van der Waals surface area contributed by atoms with Crippen LogP contribution >= 0.6 is 11.6 Å². The van der Waals surface area contributed by atoms with Crippen LogP contribution in [0.5, 0.6) is 0 Å². The van der Waals surface area contributed by atoms with Gasteiger partial charge in [0.1, 0.15) is 0 Å². The van der Waals surface area contributed by atoms with Gasteiger partial charge >= 0.3 is 0 Å². The van der Waals surface area contributed by atoms with E-state index in [0.29, 0.717) is 6.61 Å². The maximum Gasteiger partial charge on any atom is 0.0961 e. The van der Waals surface area contributed by atoms with Gasteiger partial charge in [0.15, 0.2) is 0 Å². The molecule has 2 N–H and O–H groups in total. The van der Waals surface area contributed by atoms with Gasteiger partial charge < -0.3 is 20.1 Å². The number of hydrogen-bond acceptors (Lipinski definition) is 4. The second kappa shape index (κ2) is 7.28. The van der Waals surface area contributed by atoms with Gasteiger partial charge in [-0.2, -0.15) is 0 Å². The van der Waals surface area contributed by atoms with Crippen molar-refractivity contribution in [2.45, 2.75) is 24.4 Å². The van der Waals surface area contributed by atoms with Crippen LogP contribution in [0.25, 0.3) is 0 Å². The molecule has 0 radical (unpaired) electrons. The van der Waals surface area contributed by atoms with E-state index < -0.39 is 5.60 Å². The molecule has 2 aliphatic heterocycles. The summed E-state index contributed by atoms with van der Waals surface area (Å²) in [5.74, 6) is 0.0320. The Kier molecular flexibility index (Phi) is 5.37. The van der Waals surface area contributed by atoms with Crippen LogP contribution in [0.1, 0.15) is 24.3 Å². The smallest absolute Gasteiger partial charge is 0.0961 e. The minimum Gasteiger partial charge on any atom is -0.387 e. The highest BCUT2D eigenvalue weighted by Crippen LogP contribution is 2.36. The number of benzene rings is 1. The number of ether oxygens (including phenoxy) is 1. The predicted octanol–water partition coefficient (Wildman–Crippen LogP) is 1.87. The van der Waals surface area contributed by atoms with E-state index in [0.717, 1.165) is 62.8 Å². The van der Waals surface area contributed by atoms with Crippen LogP contribution in [-0.2, 0) is 4.74 Å². The van der Waals surface area contributed by atoms with Crippen molar-refractivity contribution in [1.82, 2.24) is 10.2 Å². The molecule has 0 spiro atoms. The lowest BCUT2D eigenvalue weighted by molar-refractivity contribution is -0.106. The van der Waals surface area contributed by atoms with E-state index in [1.807, 2.05) is 18.2 Å². The topological polar surface area (TPSA) is 44.7 Å². The van der Waals surface area contributed by atoms with Crippen LogP contribution in [0.2, 0.25) is 5.02 Å². The van der Waals surface area contributed by atoms with E-state index >= 15 is 0 Å². The van der Waals surface area contributed by atoms with Crippen LogP contribution in [0, 0.1) is 0 Å². The fourth-order valence-electron chi connectivity index (χ4n) is 3.54. The molecule has 3 rings (SSSR count). The standard InChI is InChI=1S/C17H25ClN2O2/c18-15-4-1-3-14(11-15)16(12-20-8-6-19-7-9-20)17(21)5-2-10-22-13-17/h1,3-4,11,16,19,21H,2,5-10,12-13H2. The number of rotatable bonds is 4. The lowest BCUT2D eigenvalue weighted by atomic mass is 9.78. The van der Waals surface area contributed by atoms with E-state index in [1.54, 1.807) is 0 Å². The Hall–Kier alpha value is -0.650. The minimum absolute atomic E-state index is 0.0320. The van der Waals surface area contributed by atoms with E-state index in [2.05, 4.69) is 16.3 Å². The zero-order valence-corrected chi connectivity index (χ0v) is 13.7. The zero-order valence-electron chi connectivity index (χ0n) is 12.9. The molecule has 2 heterocycles. The first kappa shape index (κ1) is 16.2. The summed E-state index contributed by atoms with van der Waals surface area (Å²) in [6, 6.07) is 7.91. The molecule has 2 unspecified atom stereocenters. The van der Waals surface area contributed by atoms with Crippen LogP contribution in [0.4, 0.5) is 0 Å². The van der Waals surface area contributed by atoms with Crippen molar-refractivity contribution in [3.05, 3.63) is 34.9 Å². The van der Waals surface area contributed by atoms with Gasteiger partial charge in [0.25, 0.3) is 0 Å². The van der Waals surface area contributed by atoms with E-state index in [9.17, 15) is 5.11 Å². The monoisotopic (exact) mass is 324 g/mol. The summed E-state index contributed by atoms with van der Waals surface area (Å²) in [6.07, 6.45) is 1.70. The minimum atomic E-state index is -0.798. The highest BCUT2D eigenvalue weighted by molar-refractivity contribution is 6.30. The van der Waals surface area contributed by atoms with Gasteiger partial charge in [-0.1, -0.05) is 23.7 Å². The number of piperazine rings is 1. The summed E-state index contributed by atoms with van der Waals surface area (Å²) < 4.78 is 5.59. The predicted molar refractivity (Wildman–Crippen MR) is 88.5 cm³/mol. The number of hydrogen-bond donors (Lipinski definition) is 2. The molecule has 0 aliphatic carbocycles. The molecular formula is C17H25ClN2O2. The van der Waals surface area contributed by atoms with Crippen LogP contribution in [0.15, 0.2) is 24.3 Å². The molecule has 122 valence electrons. The molecule has 2 aliphatic rings. The summed E-state index contributed by atoms with van der Waals surface area (Å²) >= 11 is 6.18. The van der Waals surface area contributed by atoms with Crippen molar-refractivity contribution in [1.29, 1.82) is 0 Å². The van der Waals surface area contributed by atoms with Gasteiger partial charge in [0, 0.05) is 50.3 Å². The van der Waals surface area contributed by atoms with Crippen LogP contribution in [-0.4, -0.2) is 61.5 Å². The summed E-state index contributed by atoms with van der Waals surface area (Å²) in [4.78, 5) is 2.43. The molecule has 1 aromatic carbocycles. The maximum absolute atomic E-state index is 11.2. The molecule has 0 aromatic heterocycles. The highest BCUT2D eigenvalue weighted by atomic mass is 35.5. The van der Waals surface area contributed by atoms with Crippen molar-refractivity contribution >= 4 is 11.6 Å². The molecule has 0 amide bonds. The van der Waals surface area contributed by atoms with Gasteiger partial charge in [-0.3, -0.25) is 0 Å². The lowest BCUT2D eigenvalue weighted by Crippen LogP contribution is -2.51. The van der Waals surface area contributed by atoms with Gasteiger partial charge in [-0.15, -0.1) is 0 Å². The second-order valence-electron chi connectivity index (χ2n) is 6.42. The van der Waals surface area contributed by atoms with Crippen molar-refractivity contribution in [2.24, 2.45) is 0 Å². The lowest BCUT2D eigenvalue weighted by Gasteiger charge is -2.42. The number of nitrogens with one attached hydrogen (secondary N) is 1. The first-order valence-corrected chi connectivity index (χ1v) is 8.54. The molecular weight excluding hydrogens is 300 g/mol. The summed E-state index contributed by atoms with van der Waals surface area (Å²) in [5, 5.41) is 15.3. The summed E-state index contributed by atoms with van der Waals surface area (Å²) in [6.45, 7) is 6.08. The first-order chi connectivity index (χ1) is 10.7. The van der Waals surface area contributed by atoms with E-state index in [1.165, 1.54) is 0 Å². The Morgan fingerprint density at radius 2 is 2.18 bits per heavy atom. The molecule has 2 fully saturated rings. The molecule has 1 aromatic rings. The highest BCUT2D eigenvalue weighted by Gasteiger charge is 2.40. The maximum atomic E-state index is 11.2. The Labute approximate surface area is 137 Å². The Morgan fingerprint density at radius 1 is 1.36 bits per heavy atom. The van der Waals surface area contributed by atoms with Crippen LogP contribution < -0.4 is 5.32 Å². The first-order valence-electron chi connectivity index (χ1n) is 8.16. The summed E-state index contributed by atoms with van der Waals surface area (Å²) in [5.41, 5.74) is 0.312. The second-order valence-corrected chi connectivity index (χ2v) is 6.85. The van der Waals surface area contributed by atoms with Gasteiger partial charge in [0.05, 0.1) is 12.2 Å². The van der Waals surface area contributed by atoms with Crippen molar-refractivity contribution in [2.75, 3.05) is 45.9 Å². The third-order valence-corrected chi connectivity index (χ3v) is 5.04. The third-order valence-electron chi connectivity index (χ3n) is 4.80. The average Bonchev–Trinajstić information content (AvgIpc) is 2.54. The average molecular weight is 325 g/mol. The van der Waals surface area contributed by atoms with Crippen molar-refractivity contribution < 1.29 is 9.84 Å². The molecule has 0 bridgehead atoms. The van der Waals surface area contributed by atoms with E-state index in [-0.39, 0.29) is 5.92 Å². The van der Waals surface area contributed by atoms with Gasteiger partial charge in [-0.25, -0.2) is 0 Å². The SMILES string of the molecule is OC1(C(CN2CCNCC2)c2cccc(Cl)c2)CCCOC1. The Balaban J connectivity index is 1.83. The van der Waals surface area contributed by atoms with E-state index in [4.69, 9.17) is 16.3 Å². The number of nitrogens with zero attached hydrogens (tertiary/aromatic N) is 1. The Morgan fingerprint density at radius 3 is 2.86 bits per heavy atom. The molecule has 22 heavy (non-hydrogen) atoms. The molecule has 2 saturated heterocycles. The van der Waals surface area contributed by atoms with Gasteiger partial charge in [-0.05, 0) is 30.5 Å². The number of halogens is 1. The summed E-state index contributed by atoms with van der Waals surface area (Å²) in [7, 11) is 0. The molecule has 5 heteroatoms. The normalized spacial score (nSPS) is 28.5. The van der Waals surface area contributed by atoms with Crippen LogP contribution in [0.3, 0.4) is 0 Å². The van der Waals surface area contributed by atoms with Gasteiger partial charge in [0.2, 0.25) is 0 Å². The quantitative estimate of drug-likeness (QED) is 0.887. The fourth-order valence-corrected chi connectivity index (χ4v) is 3.74. The Bertz CT molecular complexity index is 485. The number of aliphatic hydroxyl groups is 1.